The van der Waals surface area contributed by atoms with Crippen LogP contribution in [0, 0.1) is 52.4 Å². The third-order valence-corrected chi connectivity index (χ3v) is 6.66. The Balaban J connectivity index is -0.0000000472. The standard InChI is InChI=1S/C8H10NO3S.C7H6NO3.2C6H14.4C2H6.2CH3.2Y/c1-5(10)4-9-7(11)3-6(13-2)8(9)12;1-5(9)4-8-6(10)2-3-7(8)11;2*1-5(2)6(3)4;4*1-2;;;;/h6H,1,3-4H2,2H3;2-3H,1,4H2;2*5-6H,1-4H3;4*1-2H3;2*1H3;;/q2*-1;;;;;;;2*-1;;. The van der Waals surface area contributed by atoms with Crippen LogP contribution in [0.1, 0.15) is 117 Å². The Morgan fingerprint density at radius 1 is 0.646 bits per heavy atom. The van der Waals surface area contributed by atoms with Gasteiger partial charge in [-0.05, 0) is 29.9 Å². The van der Waals surface area contributed by atoms with Crippen molar-refractivity contribution in [1.29, 1.82) is 0 Å². The molecule has 11 heteroatoms. The number of hydrogen-bond acceptors (Lipinski definition) is 7. The summed E-state index contributed by atoms with van der Waals surface area (Å²) < 4.78 is 0. The van der Waals surface area contributed by atoms with Gasteiger partial charge >= 0.3 is 0 Å². The smallest absolute Gasteiger partial charge is 0.253 e. The predicted molar refractivity (Wildman–Crippen MR) is 203 cm³/mol. The number of imide groups is 2. The van der Waals surface area contributed by atoms with Gasteiger partial charge in [0.25, 0.3) is 11.8 Å². The first-order chi connectivity index (χ1) is 20.5. The normalized spacial score (nSPS) is 13.1. The van der Waals surface area contributed by atoms with Gasteiger partial charge in [0.15, 0.2) is 0 Å². The molecule has 48 heavy (non-hydrogen) atoms. The summed E-state index contributed by atoms with van der Waals surface area (Å²) in [5.41, 5.74) is 0. The predicted octanol–water partition coefficient (Wildman–Crippen LogP) is 8.79. The average molecular weight is 853 g/mol. The van der Waals surface area contributed by atoms with Crippen LogP contribution >= 0.6 is 11.8 Å². The van der Waals surface area contributed by atoms with Gasteiger partial charge in [0, 0.05) is 95.6 Å². The molecular formula is C37H74N2O6SY2-4. The summed E-state index contributed by atoms with van der Waals surface area (Å²) in [6, 6.07) is 0. The van der Waals surface area contributed by atoms with Gasteiger partial charge in [-0.15, -0.1) is 0 Å². The van der Waals surface area contributed by atoms with E-state index in [1.54, 1.807) is 6.26 Å². The fourth-order valence-electron chi connectivity index (χ4n) is 1.94. The molecular weight excluding hydrogens is 778 g/mol. The Kier molecular flexibility index (Phi) is 74.3. The van der Waals surface area contributed by atoms with Crippen LogP contribution in [0.25, 0.3) is 0 Å². The van der Waals surface area contributed by atoms with Gasteiger partial charge < -0.3 is 38.3 Å². The van der Waals surface area contributed by atoms with E-state index in [9.17, 15) is 28.8 Å². The first-order valence-electron chi connectivity index (χ1n) is 16.1. The van der Waals surface area contributed by atoms with E-state index in [1.165, 1.54) is 11.8 Å². The molecule has 2 heterocycles. The van der Waals surface area contributed by atoms with Crippen LogP contribution in [0.3, 0.4) is 0 Å². The second-order valence-corrected chi connectivity index (χ2v) is 10.9. The van der Waals surface area contributed by atoms with Gasteiger partial charge in [-0.3, -0.25) is 29.0 Å². The van der Waals surface area contributed by atoms with Crippen molar-refractivity contribution in [2.75, 3.05) is 19.3 Å². The van der Waals surface area contributed by atoms with Crippen LogP contribution in [0.2, 0.25) is 0 Å². The molecule has 2 aliphatic rings. The average Bonchev–Trinajstić information content (AvgIpc) is 3.45. The number of carbonyl (C=O) groups excluding carboxylic acids is 6. The maximum absolute atomic E-state index is 11.4. The van der Waals surface area contributed by atoms with Crippen molar-refractivity contribution in [3.8, 4) is 0 Å². The number of rotatable bonds is 7. The van der Waals surface area contributed by atoms with Crippen LogP contribution in [-0.4, -0.2) is 69.6 Å². The Morgan fingerprint density at radius 2 is 0.896 bits per heavy atom. The van der Waals surface area contributed by atoms with Crippen molar-refractivity contribution < 1.29 is 94.2 Å². The van der Waals surface area contributed by atoms with E-state index in [0.717, 1.165) is 45.6 Å². The summed E-state index contributed by atoms with van der Waals surface area (Å²) in [5, 5.41) is -0.313. The Bertz CT molecular complexity index is 776. The zero-order chi connectivity index (χ0) is 36.7. The van der Waals surface area contributed by atoms with E-state index in [1.807, 2.05) is 55.4 Å². The SMILES string of the molecule is CC.CC.CC.CC.CC(C)C(C)C.CC(C)C(C)C.[CH2-]C(=O)CN1C(=O)C=CC1=O.[CH2-]C(=O)CN1C(=O)CC(SC)C1=O.[CH3-].[CH3-].[Y].[Y]. The van der Waals surface area contributed by atoms with Crippen molar-refractivity contribution in [2.45, 2.75) is 122 Å². The summed E-state index contributed by atoms with van der Waals surface area (Å²) in [4.78, 5) is 67.0. The summed E-state index contributed by atoms with van der Waals surface area (Å²) in [7, 11) is 0. The summed E-state index contributed by atoms with van der Waals surface area (Å²) in [5.74, 6) is 1.10. The molecule has 4 amide bonds. The third kappa shape index (κ3) is 41.8. The molecule has 1 saturated heterocycles. The molecule has 284 valence electrons. The number of thioether (sulfide) groups is 1. The Hall–Kier alpha value is -0.342. The summed E-state index contributed by atoms with van der Waals surface area (Å²) in [6.45, 7) is 39.7. The summed E-state index contributed by atoms with van der Waals surface area (Å²) >= 11 is 1.33. The number of likely N-dealkylation sites (tertiary alicyclic amines) is 1. The molecule has 2 rings (SSSR count). The minimum Gasteiger partial charge on any atom is -0.358 e. The monoisotopic (exact) mass is 852 g/mol. The molecule has 0 spiro atoms. The van der Waals surface area contributed by atoms with Gasteiger partial charge in [-0.1, -0.05) is 111 Å². The van der Waals surface area contributed by atoms with Crippen molar-refractivity contribution in [3.63, 3.8) is 0 Å². The molecule has 1 fully saturated rings. The quantitative estimate of drug-likeness (QED) is 0.186. The molecule has 0 N–H and O–H groups in total. The fraction of sp³-hybridized carbons (Fsp3) is 0.676. The second-order valence-electron chi connectivity index (χ2n) is 9.90. The number of carbonyl (C=O) groups is 6. The van der Waals surface area contributed by atoms with Crippen molar-refractivity contribution in [1.82, 2.24) is 9.80 Å². The molecule has 1 unspecified atom stereocenters. The Labute approximate surface area is 354 Å². The van der Waals surface area contributed by atoms with Crippen molar-refractivity contribution in [2.24, 2.45) is 23.7 Å². The van der Waals surface area contributed by atoms with Gasteiger partial charge in [-0.2, -0.15) is 11.8 Å². The van der Waals surface area contributed by atoms with Crippen LogP contribution < -0.4 is 0 Å². The maximum Gasteiger partial charge on any atom is 0.253 e. The van der Waals surface area contributed by atoms with Gasteiger partial charge in [-0.25, -0.2) is 0 Å². The van der Waals surface area contributed by atoms with E-state index in [0.29, 0.717) is 0 Å². The maximum atomic E-state index is 11.4. The van der Waals surface area contributed by atoms with Gasteiger partial charge in [0.2, 0.25) is 11.8 Å². The van der Waals surface area contributed by atoms with Crippen molar-refractivity contribution in [3.05, 3.63) is 40.9 Å². The topological polar surface area (TPSA) is 109 Å². The molecule has 0 saturated carbocycles. The molecule has 0 aromatic rings. The van der Waals surface area contributed by atoms with Crippen LogP contribution in [0.5, 0.6) is 0 Å². The molecule has 1 atom stereocenters. The first-order valence-corrected chi connectivity index (χ1v) is 17.3. The largest absolute Gasteiger partial charge is 0.358 e. The van der Waals surface area contributed by atoms with Crippen molar-refractivity contribution >= 4 is 47.0 Å². The number of ketones is 2. The number of hydrogen-bond donors (Lipinski definition) is 0. The van der Waals surface area contributed by atoms with E-state index in [-0.39, 0.29) is 117 Å². The molecule has 0 aromatic carbocycles. The summed E-state index contributed by atoms with van der Waals surface area (Å²) in [6.07, 6.45) is 4.23. The molecule has 2 aliphatic heterocycles. The second kappa shape index (κ2) is 48.8. The van der Waals surface area contributed by atoms with Crippen LogP contribution in [0.4, 0.5) is 0 Å². The zero-order valence-electron chi connectivity index (χ0n) is 34.5. The van der Waals surface area contributed by atoms with E-state index in [2.05, 4.69) is 69.2 Å². The zero-order valence-corrected chi connectivity index (χ0v) is 41.0. The van der Waals surface area contributed by atoms with Gasteiger partial charge in [0.05, 0.1) is 18.3 Å². The molecule has 2 radical (unpaired) electrons. The van der Waals surface area contributed by atoms with Crippen LogP contribution in [0.15, 0.2) is 12.2 Å². The van der Waals surface area contributed by atoms with Crippen LogP contribution in [-0.2, 0) is 94.2 Å². The Morgan fingerprint density at radius 3 is 1.08 bits per heavy atom. The molecule has 8 nitrogen and oxygen atoms in total. The first kappa shape index (κ1) is 73.2. The van der Waals surface area contributed by atoms with Gasteiger partial charge in [0.1, 0.15) is 0 Å². The van der Waals surface area contributed by atoms with E-state index < -0.39 is 23.4 Å². The number of nitrogens with zero attached hydrogens (tertiary/aromatic N) is 2. The van der Waals surface area contributed by atoms with E-state index in [4.69, 9.17) is 0 Å². The van der Waals surface area contributed by atoms with E-state index >= 15 is 0 Å². The minimum atomic E-state index is -0.452. The fourth-order valence-corrected chi connectivity index (χ4v) is 2.58. The number of amides is 4. The molecule has 0 aliphatic carbocycles. The molecule has 0 bridgehead atoms. The third-order valence-electron chi connectivity index (χ3n) is 5.72. The molecule has 0 aromatic heterocycles. The minimum absolute atomic E-state index is 0. The number of Topliss-reactive ketones (excluding diaryl/α,β-unsaturated/α-hetero) is 2.